The lowest BCUT2D eigenvalue weighted by molar-refractivity contribution is 0.795. The molecule has 51 heavy (non-hydrogen) atoms. The van der Waals surface area contributed by atoms with Crippen LogP contribution in [0.15, 0.2) is 170 Å². The highest BCUT2D eigenvalue weighted by atomic mass is 14.9. The summed E-state index contributed by atoms with van der Waals surface area (Å²) in [6.07, 6.45) is 0. The van der Waals surface area contributed by atoms with Gasteiger partial charge in [-0.05, 0) is 95.7 Å². The fourth-order valence-corrected chi connectivity index (χ4v) is 9.66. The molecular weight excluding hydrogens is 617 g/mol. The van der Waals surface area contributed by atoms with Crippen LogP contribution in [0, 0.1) is 0 Å². The van der Waals surface area contributed by atoms with E-state index in [-0.39, 0.29) is 0 Å². The molecule has 0 saturated carbocycles. The SMILES string of the molecule is c1ccc(-c2nc(-c3ccc4c(c3)-c3ccccc3C43c4ccccc4-c4c3cc3c5c(cccc45)-c4ccccc4-3)nc3ccccc23)cc1. The zero-order valence-corrected chi connectivity index (χ0v) is 27.6. The van der Waals surface area contributed by atoms with E-state index < -0.39 is 5.41 Å². The third-order valence-electron chi connectivity index (χ3n) is 11.6. The molecule has 0 bridgehead atoms. The maximum absolute atomic E-state index is 5.26. The van der Waals surface area contributed by atoms with Gasteiger partial charge >= 0.3 is 0 Å². The molecule has 8 aromatic carbocycles. The maximum Gasteiger partial charge on any atom is 0.160 e. The van der Waals surface area contributed by atoms with Crippen molar-refractivity contribution in [3.63, 3.8) is 0 Å². The van der Waals surface area contributed by atoms with Crippen LogP contribution in [0.1, 0.15) is 22.3 Å². The Kier molecular flexibility index (Phi) is 5.20. The van der Waals surface area contributed by atoms with Gasteiger partial charge in [0, 0.05) is 16.5 Å². The predicted octanol–water partition coefficient (Wildman–Crippen LogP) is 12.1. The van der Waals surface area contributed by atoms with Crippen molar-refractivity contribution >= 4 is 21.7 Å². The summed E-state index contributed by atoms with van der Waals surface area (Å²) in [5.74, 6) is 0.740. The third-order valence-corrected chi connectivity index (χ3v) is 11.6. The monoisotopic (exact) mass is 644 g/mol. The molecule has 0 radical (unpaired) electrons. The smallest absolute Gasteiger partial charge is 0.160 e. The van der Waals surface area contributed by atoms with E-state index in [0.29, 0.717) is 0 Å². The summed E-state index contributed by atoms with van der Waals surface area (Å²) in [6.45, 7) is 0. The first-order valence-corrected chi connectivity index (χ1v) is 17.7. The largest absolute Gasteiger partial charge is 0.228 e. The Morgan fingerprint density at radius 3 is 1.82 bits per heavy atom. The van der Waals surface area contributed by atoms with Crippen LogP contribution < -0.4 is 0 Å². The fourth-order valence-electron chi connectivity index (χ4n) is 9.66. The normalized spacial score (nSPS) is 15.5. The lowest BCUT2D eigenvalue weighted by atomic mass is 9.70. The highest BCUT2D eigenvalue weighted by Crippen LogP contribution is 2.65. The highest BCUT2D eigenvalue weighted by molar-refractivity contribution is 6.21. The molecule has 1 unspecified atom stereocenters. The molecule has 0 amide bonds. The summed E-state index contributed by atoms with van der Waals surface area (Å²) in [4.78, 5) is 10.4. The zero-order valence-electron chi connectivity index (χ0n) is 27.6. The lowest BCUT2D eigenvalue weighted by Gasteiger charge is -2.31. The van der Waals surface area contributed by atoms with Gasteiger partial charge in [0.2, 0.25) is 0 Å². The van der Waals surface area contributed by atoms with Crippen molar-refractivity contribution in [1.29, 1.82) is 0 Å². The summed E-state index contributed by atoms with van der Waals surface area (Å²) in [7, 11) is 0. The van der Waals surface area contributed by atoms with Crippen molar-refractivity contribution in [2.75, 3.05) is 0 Å². The standard InChI is InChI=1S/C49H28N2/c1-2-13-29(14-3-1)47-36-19-8-11-24-44(36)50-48(51-47)30-25-26-42-38(27-30)33-17-6-9-22-40(33)49(42)41-23-10-7-18-35(41)46-37-21-12-20-34-31-15-4-5-16-32(31)39(45(34)37)28-43(46)49/h1-28H. The Bertz CT molecular complexity index is 2980. The minimum atomic E-state index is -0.450. The second-order valence-electron chi connectivity index (χ2n) is 14.0. The molecule has 2 nitrogen and oxygen atoms in total. The van der Waals surface area contributed by atoms with E-state index in [9.17, 15) is 0 Å². The Morgan fingerprint density at radius 2 is 0.980 bits per heavy atom. The fraction of sp³-hybridized carbons (Fsp3) is 0.0204. The van der Waals surface area contributed by atoms with E-state index in [0.717, 1.165) is 33.5 Å². The summed E-state index contributed by atoms with van der Waals surface area (Å²) >= 11 is 0. The van der Waals surface area contributed by atoms with Gasteiger partial charge in [-0.15, -0.1) is 0 Å². The van der Waals surface area contributed by atoms with Gasteiger partial charge in [0.25, 0.3) is 0 Å². The average molecular weight is 645 g/mol. The Morgan fingerprint density at radius 1 is 0.353 bits per heavy atom. The van der Waals surface area contributed by atoms with Crippen LogP contribution in [-0.4, -0.2) is 9.97 Å². The van der Waals surface area contributed by atoms with Crippen LogP contribution in [0.25, 0.3) is 88.8 Å². The van der Waals surface area contributed by atoms with E-state index in [4.69, 9.17) is 9.97 Å². The number of hydrogen-bond donors (Lipinski definition) is 0. The van der Waals surface area contributed by atoms with Crippen molar-refractivity contribution in [3.8, 4) is 67.2 Å². The summed E-state index contributed by atoms with van der Waals surface area (Å²) in [5, 5.41) is 3.76. The number of fused-ring (bicyclic) bond motifs is 15. The molecule has 9 aromatic rings. The van der Waals surface area contributed by atoms with Gasteiger partial charge in [0.15, 0.2) is 5.82 Å². The third kappa shape index (κ3) is 3.37. The Hall–Kier alpha value is -6.64. The highest BCUT2D eigenvalue weighted by Gasteiger charge is 2.52. The van der Waals surface area contributed by atoms with Gasteiger partial charge < -0.3 is 0 Å². The van der Waals surface area contributed by atoms with Crippen LogP contribution in [-0.2, 0) is 5.41 Å². The van der Waals surface area contributed by atoms with Gasteiger partial charge in [0.05, 0.1) is 16.6 Å². The van der Waals surface area contributed by atoms with Gasteiger partial charge in [0.1, 0.15) is 0 Å². The molecule has 0 aliphatic heterocycles. The number of benzene rings is 8. The number of aromatic nitrogens is 2. The van der Waals surface area contributed by atoms with E-state index in [1.54, 1.807) is 0 Å². The van der Waals surface area contributed by atoms with E-state index in [1.807, 2.05) is 0 Å². The van der Waals surface area contributed by atoms with Crippen LogP contribution >= 0.6 is 0 Å². The van der Waals surface area contributed by atoms with Crippen LogP contribution in [0.2, 0.25) is 0 Å². The van der Waals surface area contributed by atoms with Crippen molar-refractivity contribution in [2.24, 2.45) is 0 Å². The first kappa shape index (κ1) is 27.2. The van der Waals surface area contributed by atoms with Crippen molar-refractivity contribution in [3.05, 3.63) is 192 Å². The molecule has 3 aliphatic rings. The number of rotatable bonds is 2. The molecule has 1 spiro atoms. The van der Waals surface area contributed by atoms with E-state index in [1.165, 1.54) is 77.5 Å². The Balaban J connectivity index is 1.16. The van der Waals surface area contributed by atoms with Gasteiger partial charge in [-0.1, -0.05) is 152 Å². The molecule has 12 rings (SSSR count). The van der Waals surface area contributed by atoms with Gasteiger partial charge in [-0.2, -0.15) is 0 Å². The number of hydrogen-bond acceptors (Lipinski definition) is 2. The van der Waals surface area contributed by atoms with Crippen LogP contribution in [0.4, 0.5) is 0 Å². The predicted molar refractivity (Wildman–Crippen MR) is 209 cm³/mol. The van der Waals surface area contributed by atoms with E-state index in [2.05, 4.69) is 170 Å². The summed E-state index contributed by atoms with van der Waals surface area (Å²) < 4.78 is 0. The van der Waals surface area contributed by atoms with Gasteiger partial charge in [-0.3, -0.25) is 0 Å². The van der Waals surface area contributed by atoms with Crippen LogP contribution in [0.3, 0.4) is 0 Å². The molecule has 234 valence electrons. The molecule has 2 heteroatoms. The second-order valence-corrected chi connectivity index (χ2v) is 14.0. The summed E-state index contributed by atoms with van der Waals surface area (Å²) in [5.41, 5.74) is 19.4. The number of nitrogens with zero attached hydrogens (tertiary/aromatic N) is 2. The first-order chi connectivity index (χ1) is 25.3. The topological polar surface area (TPSA) is 25.8 Å². The zero-order chi connectivity index (χ0) is 33.3. The Labute approximate surface area is 295 Å². The number of para-hydroxylation sites is 1. The maximum atomic E-state index is 5.26. The molecule has 1 atom stereocenters. The second kappa shape index (κ2) is 9.74. The molecule has 3 aliphatic carbocycles. The molecular formula is C49H28N2. The van der Waals surface area contributed by atoms with Gasteiger partial charge in [-0.25, -0.2) is 9.97 Å². The first-order valence-electron chi connectivity index (χ1n) is 17.7. The van der Waals surface area contributed by atoms with E-state index >= 15 is 0 Å². The minimum Gasteiger partial charge on any atom is -0.228 e. The molecule has 0 N–H and O–H groups in total. The quantitative estimate of drug-likeness (QED) is 0.187. The summed E-state index contributed by atoms with van der Waals surface area (Å²) in [6, 6.07) is 62.2. The van der Waals surface area contributed by atoms with Crippen molar-refractivity contribution in [2.45, 2.75) is 5.41 Å². The molecule has 0 fully saturated rings. The molecule has 1 aromatic heterocycles. The molecule has 1 heterocycles. The van der Waals surface area contributed by atoms with Crippen LogP contribution in [0.5, 0.6) is 0 Å². The average Bonchev–Trinajstić information content (AvgIpc) is 3.80. The van der Waals surface area contributed by atoms with Crippen molar-refractivity contribution < 1.29 is 0 Å². The van der Waals surface area contributed by atoms with Crippen molar-refractivity contribution in [1.82, 2.24) is 9.97 Å². The molecule has 0 saturated heterocycles. The minimum absolute atomic E-state index is 0.450. The lowest BCUT2D eigenvalue weighted by Crippen LogP contribution is -2.25.